The van der Waals surface area contributed by atoms with Gasteiger partial charge in [-0.05, 0) is 83.4 Å². The first kappa shape index (κ1) is 27.7. The zero-order valence-corrected chi connectivity index (χ0v) is 26.8. The number of benzene rings is 8. The normalized spacial score (nSPS) is 16.8. The molecule has 1 heterocycles. The summed E-state index contributed by atoms with van der Waals surface area (Å²) in [6.45, 7) is 0. The SMILES string of the molecule is Fc1c2ccccc2c(-c2ccc3c(c2)C2C=CC=C(c4c5ccccc5c(-c5ccccc5)c5ccccc45)C2S3)c2ccccc12. The Morgan fingerprint density at radius 1 is 0.458 bits per heavy atom. The van der Waals surface area contributed by atoms with Gasteiger partial charge in [-0.1, -0.05) is 152 Å². The Bertz CT molecular complexity index is 2550. The number of hydrogen-bond donors (Lipinski definition) is 0. The summed E-state index contributed by atoms with van der Waals surface area (Å²) in [5.74, 6) is 0.0821. The van der Waals surface area contributed by atoms with Gasteiger partial charge in [0.25, 0.3) is 0 Å². The lowest BCUT2D eigenvalue weighted by molar-refractivity contribution is 0.651. The molecule has 1 aliphatic heterocycles. The molecule has 0 radical (unpaired) electrons. The predicted molar refractivity (Wildman–Crippen MR) is 203 cm³/mol. The molecule has 0 aromatic heterocycles. The van der Waals surface area contributed by atoms with Crippen molar-refractivity contribution in [2.75, 3.05) is 0 Å². The molecule has 8 aromatic carbocycles. The van der Waals surface area contributed by atoms with Gasteiger partial charge in [-0.25, -0.2) is 4.39 Å². The van der Waals surface area contributed by atoms with Crippen molar-refractivity contribution in [2.45, 2.75) is 16.1 Å². The predicted octanol–water partition coefficient (Wildman–Crippen LogP) is 13.0. The largest absolute Gasteiger partial charge is 0.206 e. The lowest BCUT2D eigenvalue weighted by Crippen LogP contribution is -2.14. The molecule has 0 saturated heterocycles. The number of halogens is 1. The fourth-order valence-electron chi connectivity index (χ4n) is 8.25. The van der Waals surface area contributed by atoms with Gasteiger partial charge in [-0.2, -0.15) is 0 Å². The first-order chi connectivity index (χ1) is 23.8. The molecule has 0 saturated carbocycles. The van der Waals surface area contributed by atoms with Crippen molar-refractivity contribution < 1.29 is 4.39 Å². The molecule has 48 heavy (non-hydrogen) atoms. The molecule has 2 aliphatic rings. The monoisotopic (exact) mass is 632 g/mol. The van der Waals surface area contributed by atoms with Crippen LogP contribution in [0.5, 0.6) is 0 Å². The van der Waals surface area contributed by atoms with E-state index in [0.29, 0.717) is 10.8 Å². The summed E-state index contributed by atoms with van der Waals surface area (Å²) in [4.78, 5) is 1.32. The minimum atomic E-state index is -0.149. The second kappa shape index (κ2) is 10.8. The average molecular weight is 633 g/mol. The van der Waals surface area contributed by atoms with Crippen LogP contribution in [-0.2, 0) is 0 Å². The molecule has 2 atom stereocenters. The van der Waals surface area contributed by atoms with Crippen LogP contribution in [0.25, 0.3) is 70.9 Å². The van der Waals surface area contributed by atoms with E-state index in [1.807, 2.05) is 48.2 Å². The molecule has 0 nitrogen and oxygen atoms in total. The van der Waals surface area contributed by atoms with Crippen molar-refractivity contribution in [1.29, 1.82) is 0 Å². The minimum absolute atomic E-state index is 0.149. The molecule has 0 spiro atoms. The summed E-state index contributed by atoms with van der Waals surface area (Å²) >= 11 is 1.97. The van der Waals surface area contributed by atoms with Gasteiger partial charge in [0.2, 0.25) is 0 Å². The Labute approximate surface area is 282 Å². The molecule has 0 N–H and O–H groups in total. The van der Waals surface area contributed by atoms with Gasteiger partial charge in [0.1, 0.15) is 5.82 Å². The molecular formula is C46H29FS. The molecule has 0 amide bonds. The lowest BCUT2D eigenvalue weighted by Gasteiger charge is -2.26. The summed E-state index contributed by atoms with van der Waals surface area (Å²) in [6, 6.07) is 51.3. The van der Waals surface area contributed by atoms with Gasteiger partial charge in [0.05, 0.1) is 0 Å². The van der Waals surface area contributed by atoms with Crippen molar-refractivity contribution in [1.82, 2.24) is 0 Å². The van der Waals surface area contributed by atoms with Crippen molar-refractivity contribution in [2.24, 2.45) is 0 Å². The van der Waals surface area contributed by atoms with E-state index < -0.39 is 0 Å². The van der Waals surface area contributed by atoms with E-state index in [-0.39, 0.29) is 17.0 Å². The van der Waals surface area contributed by atoms with Gasteiger partial charge in [-0.3, -0.25) is 0 Å². The van der Waals surface area contributed by atoms with E-state index in [1.54, 1.807) is 0 Å². The molecule has 0 bridgehead atoms. The molecule has 2 heteroatoms. The summed E-state index contributed by atoms with van der Waals surface area (Å²) in [6.07, 6.45) is 6.98. The quantitative estimate of drug-likeness (QED) is 0.175. The molecule has 2 unspecified atom stereocenters. The third kappa shape index (κ3) is 4.03. The van der Waals surface area contributed by atoms with Crippen LogP contribution in [0.2, 0.25) is 0 Å². The van der Waals surface area contributed by atoms with E-state index >= 15 is 4.39 Å². The molecule has 8 aromatic rings. The maximum Gasteiger partial charge on any atom is 0.138 e. The fourth-order valence-corrected chi connectivity index (χ4v) is 9.71. The molecular weight excluding hydrogens is 604 g/mol. The highest BCUT2D eigenvalue weighted by Gasteiger charge is 2.37. The number of rotatable bonds is 3. The maximum atomic E-state index is 15.7. The molecule has 1 aliphatic carbocycles. The summed E-state index contributed by atoms with van der Waals surface area (Å²) < 4.78 is 15.7. The smallest absolute Gasteiger partial charge is 0.138 e. The maximum absolute atomic E-state index is 15.7. The number of hydrogen-bond acceptors (Lipinski definition) is 1. The van der Waals surface area contributed by atoms with Crippen molar-refractivity contribution in [3.8, 4) is 22.3 Å². The third-order valence-electron chi connectivity index (χ3n) is 10.3. The van der Waals surface area contributed by atoms with Crippen LogP contribution < -0.4 is 0 Å². The Hall–Kier alpha value is -5.44. The van der Waals surface area contributed by atoms with Gasteiger partial charge < -0.3 is 0 Å². The van der Waals surface area contributed by atoms with E-state index in [2.05, 4.69) is 127 Å². The first-order valence-electron chi connectivity index (χ1n) is 16.5. The standard InChI is InChI=1S/C46H29FS/c47-45-36-21-10-8-19-34(36)43(35-20-9-11-22-37(35)45)29-25-26-41-40(27-29)38-23-12-24-39(46(38)48-41)44-32-17-6-4-15-30(32)42(28-13-2-1-3-14-28)31-16-5-7-18-33(31)44/h1-27,38,46H. The summed E-state index contributed by atoms with van der Waals surface area (Å²) in [5, 5.41) is 8.62. The highest BCUT2D eigenvalue weighted by molar-refractivity contribution is 8.00. The van der Waals surface area contributed by atoms with Gasteiger partial charge in [0.15, 0.2) is 0 Å². The minimum Gasteiger partial charge on any atom is -0.206 e. The second-order valence-corrected chi connectivity index (χ2v) is 14.0. The second-order valence-electron chi connectivity index (χ2n) is 12.8. The van der Waals surface area contributed by atoms with Crippen LogP contribution in [0.1, 0.15) is 17.0 Å². The van der Waals surface area contributed by atoms with Crippen LogP contribution in [0.15, 0.2) is 169 Å². The Morgan fingerprint density at radius 3 is 1.52 bits per heavy atom. The third-order valence-corrected chi connectivity index (χ3v) is 11.7. The van der Waals surface area contributed by atoms with E-state index in [0.717, 1.165) is 21.9 Å². The zero-order chi connectivity index (χ0) is 31.8. The highest BCUT2D eigenvalue weighted by atomic mass is 32.2. The van der Waals surface area contributed by atoms with Crippen LogP contribution >= 0.6 is 11.8 Å². The topological polar surface area (TPSA) is 0 Å². The molecule has 0 fully saturated rings. The molecule has 226 valence electrons. The summed E-state index contributed by atoms with van der Waals surface area (Å²) in [5.41, 5.74) is 8.81. The van der Waals surface area contributed by atoms with Crippen LogP contribution in [-0.4, -0.2) is 5.25 Å². The fraction of sp³-hybridized carbons (Fsp3) is 0.0435. The van der Waals surface area contributed by atoms with Crippen LogP contribution in [0, 0.1) is 5.82 Å². The van der Waals surface area contributed by atoms with Crippen molar-refractivity contribution in [3.05, 3.63) is 181 Å². The van der Waals surface area contributed by atoms with Gasteiger partial charge >= 0.3 is 0 Å². The van der Waals surface area contributed by atoms with Gasteiger partial charge in [0, 0.05) is 26.8 Å². The molecule has 10 rings (SSSR count). The number of thioether (sulfide) groups is 1. The van der Waals surface area contributed by atoms with Crippen molar-refractivity contribution >= 4 is 60.4 Å². The number of fused-ring (bicyclic) bond motifs is 7. The van der Waals surface area contributed by atoms with Crippen LogP contribution in [0.4, 0.5) is 4.39 Å². The Morgan fingerprint density at radius 2 is 0.938 bits per heavy atom. The summed E-state index contributed by atoms with van der Waals surface area (Å²) in [7, 11) is 0. The highest BCUT2D eigenvalue weighted by Crippen LogP contribution is 2.56. The first-order valence-corrected chi connectivity index (χ1v) is 17.4. The van der Waals surface area contributed by atoms with Crippen LogP contribution in [0.3, 0.4) is 0 Å². The van der Waals surface area contributed by atoms with E-state index in [9.17, 15) is 0 Å². The van der Waals surface area contributed by atoms with Crippen molar-refractivity contribution in [3.63, 3.8) is 0 Å². The lowest BCUT2D eigenvalue weighted by atomic mass is 9.80. The Balaban J connectivity index is 1.15. The number of allylic oxidation sites excluding steroid dienone is 3. The van der Waals surface area contributed by atoms with E-state index in [1.165, 1.54) is 54.3 Å². The van der Waals surface area contributed by atoms with Gasteiger partial charge in [-0.15, -0.1) is 11.8 Å². The Kier molecular flexibility index (Phi) is 6.22. The van der Waals surface area contributed by atoms with E-state index in [4.69, 9.17) is 0 Å². The average Bonchev–Trinajstić information content (AvgIpc) is 3.53. The zero-order valence-electron chi connectivity index (χ0n) is 26.0.